The monoisotopic (exact) mass is 437 g/mol. The first kappa shape index (κ1) is 20.8. The van der Waals surface area contributed by atoms with Gasteiger partial charge in [-0.3, -0.25) is 0 Å². The van der Waals surface area contributed by atoms with Gasteiger partial charge in [0.2, 0.25) is 0 Å². The Morgan fingerprint density at radius 3 is 2.68 bits per heavy atom. The molecule has 2 aliphatic heterocycles. The zero-order chi connectivity index (χ0) is 21.8. The molecule has 0 amide bonds. The molecule has 2 aromatic rings. The fraction of sp³-hybridized carbons (Fsp3) is 0.500. The van der Waals surface area contributed by atoms with Crippen molar-refractivity contribution in [3.05, 3.63) is 53.0 Å². The Balaban J connectivity index is 1.28. The van der Waals surface area contributed by atoms with Gasteiger partial charge in [-0.1, -0.05) is 24.3 Å². The van der Waals surface area contributed by atoms with Gasteiger partial charge in [-0.25, -0.2) is 9.29 Å². The zero-order valence-electron chi connectivity index (χ0n) is 18.4. The van der Waals surface area contributed by atoms with Crippen molar-refractivity contribution in [2.24, 2.45) is 11.3 Å². The summed E-state index contributed by atoms with van der Waals surface area (Å²) >= 11 is 1.68. The molecule has 164 valence electrons. The Morgan fingerprint density at radius 2 is 2.00 bits per heavy atom. The van der Waals surface area contributed by atoms with Crippen molar-refractivity contribution in [2.75, 3.05) is 20.1 Å². The molecule has 1 spiro atoms. The van der Waals surface area contributed by atoms with E-state index in [2.05, 4.69) is 43.4 Å². The number of allylic oxidation sites excluding steroid dienone is 2. The molecule has 3 aliphatic rings. The third kappa shape index (κ3) is 3.25. The topological polar surface area (TPSA) is 77.2 Å². The van der Waals surface area contributed by atoms with Crippen LogP contribution < -0.4 is 5.32 Å². The maximum absolute atomic E-state index is 11.4. The lowest BCUT2D eigenvalue weighted by Gasteiger charge is -2.57. The highest BCUT2D eigenvalue weighted by atomic mass is 32.2. The Kier molecular flexibility index (Phi) is 5.23. The van der Waals surface area contributed by atoms with Crippen LogP contribution in [0.2, 0.25) is 0 Å². The summed E-state index contributed by atoms with van der Waals surface area (Å²) in [7, 11) is 1.90. The lowest BCUT2D eigenvalue weighted by Crippen LogP contribution is -2.58. The number of hydrogen-bond donors (Lipinski definition) is 3. The molecule has 1 aromatic heterocycles. The van der Waals surface area contributed by atoms with E-state index >= 15 is 0 Å². The van der Waals surface area contributed by atoms with E-state index in [0.29, 0.717) is 5.71 Å². The molecule has 3 heterocycles. The van der Waals surface area contributed by atoms with Gasteiger partial charge in [-0.05, 0) is 56.0 Å². The Labute approximate surface area is 188 Å². The molecule has 6 nitrogen and oxygen atoms in total. The van der Waals surface area contributed by atoms with E-state index in [9.17, 15) is 5.11 Å². The molecule has 1 saturated heterocycles. The standard InChI is InChI=1S/C24H31N5OS/c1-15(25)22(16(2)26-3)31-28-10-8-24(9-11-28)12-19(23(24)30)21-18-7-5-4-6-17(18)20-13-27-14-29(20)21/h4-7,13-14,19,21,23,25-26,30H,8-12H2,1-3H3/b22-16+,25-15?. The van der Waals surface area contributed by atoms with Crippen LogP contribution in [0.1, 0.15) is 44.7 Å². The number of aliphatic hydroxyl groups excluding tert-OH is 1. The second-order valence-electron chi connectivity index (χ2n) is 9.24. The van der Waals surface area contributed by atoms with E-state index < -0.39 is 0 Å². The van der Waals surface area contributed by atoms with Gasteiger partial charge >= 0.3 is 0 Å². The minimum atomic E-state index is -0.287. The zero-order valence-corrected chi connectivity index (χ0v) is 19.2. The fourth-order valence-electron chi connectivity index (χ4n) is 5.77. The van der Waals surface area contributed by atoms with Gasteiger partial charge in [0.25, 0.3) is 0 Å². The Bertz CT molecular complexity index is 1040. The van der Waals surface area contributed by atoms with E-state index in [1.807, 2.05) is 33.4 Å². The predicted molar refractivity (Wildman–Crippen MR) is 126 cm³/mol. The fourth-order valence-corrected chi connectivity index (χ4v) is 6.77. The number of fused-ring (bicyclic) bond motifs is 3. The number of benzene rings is 1. The van der Waals surface area contributed by atoms with Crippen molar-refractivity contribution in [3.8, 4) is 11.3 Å². The number of rotatable bonds is 5. The second-order valence-corrected chi connectivity index (χ2v) is 10.4. The second kappa shape index (κ2) is 7.80. The van der Waals surface area contributed by atoms with Crippen molar-refractivity contribution >= 4 is 17.7 Å². The lowest BCUT2D eigenvalue weighted by molar-refractivity contribution is -0.152. The molecule has 7 heteroatoms. The maximum atomic E-state index is 11.4. The average molecular weight is 438 g/mol. The molecule has 3 atom stereocenters. The average Bonchev–Trinajstić information content (AvgIpc) is 3.37. The number of nitrogens with one attached hydrogen (secondary N) is 2. The molecular formula is C24H31N5OS. The molecule has 0 radical (unpaired) electrons. The number of aliphatic hydroxyl groups is 1. The summed E-state index contributed by atoms with van der Waals surface area (Å²) in [6.07, 6.45) is 6.65. The molecule has 1 saturated carbocycles. The lowest BCUT2D eigenvalue weighted by atomic mass is 9.53. The SMILES string of the molecule is CN/C(C)=C(/SN1CCC2(CC1)CC(C1c3ccccc3-c3cncn31)C2O)C(C)=N. The number of hydrogen-bond acceptors (Lipinski definition) is 6. The van der Waals surface area contributed by atoms with Gasteiger partial charge in [0.05, 0.1) is 35.3 Å². The largest absolute Gasteiger partial charge is 0.392 e. The first-order valence-electron chi connectivity index (χ1n) is 11.1. The first-order chi connectivity index (χ1) is 14.9. The van der Waals surface area contributed by atoms with Crippen LogP contribution in [-0.2, 0) is 0 Å². The van der Waals surface area contributed by atoms with Crippen LogP contribution in [0.15, 0.2) is 47.4 Å². The van der Waals surface area contributed by atoms with Crippen LogP contribution in [0.25, 0.3) is 11.3 Å². The van der Waals surface area contributed by atoms with Crippen molar-refractivity contribution < 1.29 is 5.11 Å². The number of piperidine rings is 1. The molecule has 5 rings (SSSR count). The highest BCUT2D eigenvalue weighted by molar-refractivity contribution is 8.01. The van der Waals surface area contributed by atoms with Crippen molar-refractivity contribution in [3.63, 3.8) is 0 Å². The van der Waals surface area contributed by atoms with Crippen LogP contribution in [0.5, 0.6) is 0 Å². The van der Waals surface area contributed by atoms with Crippen LogP contribution in [0.4, 0.5) is 0 Å². The molecule has 1 aliphatic carbocycles. The third-order valence-corrected chi connectivity index (χ3v) is 9.01. The Hall–Kier alpha value is -2.09. The molecule has 2 fully saturated rings. The van der Waals surface area contributed by atoms with Gasteiger partial charge in [-0.15, -0.1) is 0 Å². The highest BCUT2D eigenvalue weighted by Gasteiger charge is 2.57. The van der Waals surface area contributed by atoms with E-state index in [1.54, 1.807) is 11.9 Å². The van der Waals surface area contributed by atoms with E-state index in [4.69, 9.17) is 5.41 Å². The van der Waals surface area contributed by atoms with Gasteiger partial charge in [0.15, 0.2) is 0 Å². The van der Waals surface area contributed by atoms with Gasteiger partial charge in [-0.2, -0.15) is 0 Å². The van der Waals surface area contributed by atoms with Crippen molar-refractivity contribution in [1.82, 2.24) is 19.2 Å². The number of nitrogens with zero attached hydrogens (tertiary/aromatic N) is 3. The van der Waals surface area contributed by atoms with Gasteiger partial charge in [0.1, 0.15) is 0 Å². The minimum Gasteiger partial charge on any atom is -0.392 e. The predicted octanol–water partition coefficient (Wildman–Crippen LogP) is 4.05. The van der Waals surface area contributed by atoms with Gasteiger partial charge < -0.3 is 20.4 Å². The van der Waals surface area contributed by atoms with Crippen LogP contribution >= 0.6 is 11.9 Å². The van der Waals surface area contributed by atoms with E-state index in [-0.39, 0.29) is 23.5 Å². The summed E-state index contributed by atoms with van der Waals surface area (Å²) in [4.78, 5) is 5.38. The number of imidazole rings is 1. The van der Waals surface area contributed by atoms with Gasteiger partial charge in [0, 0.05) is 43.0 Å². The minimum absolute atomic E-state index is 0.0294. The van der Waals surface area contributed by atoms with Crippen molar-refractivity contribution in [1.29, 1.82) is 5.41 Å². The smallest absolute Gasteiger partial charge is 0.0956 e. The van der Waals surface area contributed by atoms with E-state index in [1.165, 1.54) is 16.8 Å². The first-order valence-corrected chi connectivity index (χ1v) is 11.9. The molecule has 0 bridgehead atoms. The van der Waals surface area contributed by atoms with Crippen LogP contribution in [0.3, 0.4) is 0 Å². The summed E-state index contributed by atoms with van der Waals surface area (Å²) in [5.41, 5.74) is 5.41. The number of aromatic nitrogens is 2. The maximum Gasteiger partial charge on any atom is 0.0956 e. The summed E-state index contributed by atoms with van der Waals surface area (Å²) in [5.74, 6) is 0.238. The Morgan fingerprint density at radius 1 is 1.26 bits per heavy atom. The van der Waals surface area contributed by atoms with E-state index in [0.717, 1.165) is 43.0 Å². The van der Waals surface area contributed by atoms with Crippen LogP contribution in [-0.4, -0.2) is 50.9 Å². The summed E-state index contributed by atoms with van der Waals surface area (Å²) in [6.45, 7) is 5.76. The quantitative estimate of drug-likeness (QED) is 0.486. The third-order valence-electron chi connectivity index (χ3n) is 7.60. The normalized spacial score (nSPS) is 27.3. The summed E-state index contributed by atoms with van der Waals surface area (Å²) in [5, 5.41) is 22.7. The highest BCUT2D eigenvalue weighted by Crippen LogP contribution is 2.59. The summed E-state index contributed by atoms with van der Waals surface area (Å²) in [6, 6.07) is 8.75. The molecule has 31 heavy (non-hydrogen) atoms. The summed E-state index contributed by atoms with van der Waals surface area (Å²) < 4.78 is 4.62. The van der Waals surface area contributed by atoms with Crippen LogP contribution in [0, 0.1) is 16.7 Å². The molecular weight excluding hydrogens is 406 g/mol. The molecule has 1 aromatic carbocycles. The van der Waals surface area contributed by atoms with Crippen molar-refractivity contribution in [2.45, 2.75) is 45.3 Å². The molecule has 3 unspecified atom stereocenters. The molecule has 3 N–H and O–H groups in total.